The first-order valence-corrected chi connectivity index (χ1v) is 11.3. The molecule has 4 rings (SSSR count). The van der Waals surface area contributed by atoms with Crippen LogP contribution in [0.1, 0.15) is 63.1 Å². The Balaban J connectivity index is 1.76. The molecule has 2 aromatic heterocycles. The smallest absolute Gasteiger partial charge is 0.251 e. The summed E-state index contributed by atoms with van der Waals surface area (Å²) in [5, 5.41) is 23.8. The molecule has 0 saturated heterocycles. The molecule has 174 valence electrons. The lowest BCUT2D eigenvalue weighted by Crippen LogP contribution is -2.27. The molecule has 0 aliphatic heterocycles. The summed E-state index contributed by atoms with van der Waals surface area (Å²) in [6.45, 7) is 5.73. The van der Waals surface area contributed by atoms with E-state index in [2.05, 4.69) is 21.4 Å². The minimum atomic E-state index is -1.03. The van der Waals surface area contributed by atoms with Crippen molar-refractivity contribution in [2.75, 3.05) is 0 Å². The molecular formula is C29H26N4O2. The van der Waals surface area contributed by atoms with Crippen LogP contribution in [0, 0.1) is 25.2 Å². The summed E-state index contributed by atoms with van der Waals surface area (Å²) in [4.78, 5) is 21.9. The highest BCUT2D eigenvalue weighted by Gasteiger charge is 2.19. The molecule has 0 aliphatic carbocycles. The minimum Gasteiger partial charge on any atom is -0.382 e. The van der Waals surface area contributed by atoms with E-state index in [4.69, 9.17) is 0 Å². The van der Waals surface area contributed by atoms with Crippen molar-refractivity contribution in [3.05, 3.63) is 118 Å². The third kappa shape index (κ3) is 5.43. The van der Waals surface area contributed by atoms with Crippen LogP contribution in [0.25, 0.3) is 11.1 Å². The highest BCUT2D eigenvalue weighted by atomic mass is 16.3. The maximum atomic E-state index is 13.3. The summed E-state index contributed by atoms with van der Waals surface area (Å²) >= 11 is 0. The van der Waals surface area contributed by atoms with Crippen LogP contribution in [0.3, 0.4) is 0 Å². The fraction of sp³-hybridized carbons (Fsp3) is 0.172. The summed E-state index contributed by atoms with van der Waals surface area (Å²) in [5.74, 6) is -0.292. The fourth-order valence-corrected chi connectivity index (χ4v) is 3.91. The number of pyridine rings is 2. The van der Waals surface area contributed by atoms with Gasteiger partial charge in [0.2, 0.25) is 0 Å². The summed E-state index contributed by atoms with van der Waals surface area (Å²) in [6.07, 6.45) is 2.33. The molecule has 2 atom stereocenters. The Labute approximate surface area is 204 Å². The van der Waals surface area contributed by atoms with Gasteiger partial charge in [0.05, 0.1) is 23.4 Å². The van der Waals surface area contributed by atoms with Crippen molar-refractivity contribution in [2.24, 2.45) is 0 Å². The van der Waals surface area contributed by atoms with E-state index >= 15 is 0 Å². The van der Waals surface area contributed by atoms with Gasteiger partial charge in [0, 0.05) is 23.7 Å². The Kier molecular flexibility index (Phi) is 7.00. The molecule has 4 aromatic rings. The zero-order valence-corrected chi connectivity index (χ0v) is 19.9. The van der Waals surface area contributed by atoms with Gasteiger partial charge >= 0.3 is 0 Å². The minimum absolute atomic E-state index is 0.266. The summed E-state index contributed by atoms with van der Waals surface area (Å²) in [5.41, 5.74) is 5.98. The van der Waals surface area contributed by atoms with Gasteiger partial charge in [-0.15, -0.1) is 0 Å². The molecular weight excluding hydrogens is 436 g/mol. The SMILES string of the molecule is Cc1ccc(-c2cc(C(=O)N[C@H](C)c3ccc(C)nc3)cc(C(O)c3ccccn3)c2)c(C#N)c1. The average Bonchev–Trinajstić information content (AvgIpc) is 2.88. The molecule has 0 spiro atoms. The van der Waals surface area contributed by atoms with Crippen molar-refractivity contribution in [3.8, 4) is 17.2 Å². The predicted octanol–water partition coefficient (Wildman–Crippen LogP) is 5.20. The number of aromatic nitrogens is 2. The fourth-order valence-electron chi connectivity index (χ4n) is 3.91. The third-order valence-electron chi connectivity index (χ3n) is 5.89. The number of hydrogen-bond donors (Lipinski definition) is 2. The van der Waals surface area contributed by atoms with E-state index < -0.39 is 6.10 Å². The van der Waals surface area contributed by atoms with Gasteiger partial charge in [0.25, 0.3) is 5.91 Å². The van der Waals surface area contributed by atoms with E-state index in [9.17, 15) is 15.2 Å². The number of rotatable bonds is 6. The first kappa shape index (κ1) is 23.8. The Bertz CT molecular complexity index is 1390. The largest absolute Gasteiger partial charge is 0.382 e. The van der Waals surface area contributed by atoms with Crippen molar-refractivity contribution in [1.29, 1.82) is 5.26 Å². The van der Waals surface area contributed by atoms with E-state index in [1.54, 1.807) is 48.8 Å². The van der Waals surface area contributed by atoms with Gasteiger partial charge in [-0.2, -0.15) is 5.26 Å². The van der Waals surface area contributed by atoms with Gasteiger partial charge < -0.3 is 10.4 Å². The summed E-state index contributed by atoms with van der Waals surface area (Å²) in [7, 11) is 0. The molecule has 0 bridgehead atoms. The van der Waals surface area contributed by atoms with Crippen LogP contribution in [0.4, 0.5) is 0 Å². The molecule has 0 saturated carbocycles. The molecule has 6 heteroatoms. The Morgan fingerprint density at radius 2 is 1.83 bits per heavy atom. The lowest BCUT2D eigenvalue weighted by atomic mass is 9.92. The predicted molar refractivity (Wildman–Crippen MR) is 134 cm³/mol. The topological polar surface area (TPSA) is 98.9 Å². The van der Waals surface area contributed by atoms with Crippen molar-refractivity contribution in [3.63, 3.8) is 0 Å². The number of aryl methyl sites for hydroxylation is 2. The highest BCUT2D eigenvalue weighted by Crippen LogP contribution is 2.30. The molecule has 0 aliphatic rings. The second kappa shape index (κ2) is 10.3. The van der Waals surface area contributed by atoms with Crippen LogP contribution in [0.15, 0.2) is 79.1 Å². The lowest BCUT2D eigenvalue weighted by Gasteiger charge is -2.18. The molecule has 2 aromatic carbocycles. The number of nitrogens with one attached hydrogen (secondary N) is 1. The number of nitriles is 1. The molecule has 1 unspecified atom stereocenters. The van der Waals surface area contributed by atoms with Crippen molar-refractivity contribution < 1.29 is 9.90 Å². The zero-order chi connectivity index (χ0) is 24.9. The molecule has 6 nitrogen and oxygen atoms in total. The normalized spacial score (nSPS) is 12.4. The van der Waals surface area contributed by atoms with Gasteiger partial charge in [-0.1, -0.05) is 24.3 Å². The Hall–Kier alpha value is -4.34. The number of hydrogen-bond acceptors (Lipinski definition) is 5. The van der Waals surface area contributed by atoms with E-state index in [1.807, 2.05) is 51.1 Å². The number of carbonyl (C=O) groups is 1. The highest BCUT2D eigenvalue weighted by molar-refractivity contribution is 5.96. The van der Waals surface area contributed by atoms with Crippen LogP contribution in [-0.4, -0.2) is 21.0 Å². The maximum absolute atomic E-state index is 13.3. The summed E-state index contributed by atoms with van der Waals surface area (Å²) in [6, 6.07) is 21.9. The van der Waals surface area contributed by atoms with Crippen LogP contribution in [-0.2, 0) is 0 Å². The Morgan fingerprint density at radius 1 is 1.00 bits per heavy atom. The van der Waals surface area contributed by atoms with Gasteiger partial charge in [-0.25, -0.2) is 0 Å². The van der Waals surface area contributed by atoms with E-state index in [0.717, 1.165) is 16.8 Å². The first-order chi connectivity index (χ1) is 16.9. The van der Waals surface area contributed by atoms with Crippen LogP contribution in [0.2, 0.25) is 0 Å². The van der Waals surface area contributed by atoms with Gasteiger partial charge in [-0.3, -0.25) is 14.8 Å². The van der Waals surface area contributed by atoms with E-state index in [0.29, 0.717) is 33.5 Å². The van der Waals surface area contributed by atoms with Gasteiger partial charge in [-0.05, 0) is 91.1 Å². The van der Waals surface area contributed by atoms with Gasteiger partial charge in [0.15, 0.2) is 0 Å². The molecule has 2 heterocycles. The quantitative estimate of drug-likeness (QED) is 0.410. The number of benzene rings is 2. The number of amides is 1. The molecule has 0 fully saturated rings. The standard InChI is InChI=1S/C29H26N4O2/c1-18-7-10-26(25(12-18)16-30)22-13-23(28(34)27-6-4-5-11-31-27)15-24(14-22)29(35)33-20(3)21-9-8-19(2)32-17-21/h4-15,17,20,28,34H,1-3H3,(H,33,35)/t20-,28?/m1/s1. The average molecular weight is 463 g/mol. The molecule has 2 N–H and O–H groups in total. The van der Waals surface area contributed by atoms with Crippen molar-refractivity contribution >= 4 is 5.91 Å². The first-order valence-electron chi connectivity index (χ1n) is 11.3. The number of nitrogens with zero attached hydrogens (tertiary/aromatic N) is 3. The van der Waals surface area contributed by atoms with E-state index in [-0.39, 0.29) is 11.9 Å². The van der Waals surface area contributed by atoms with Crippen LogP contribution in [0.5, 0.6) is 0 Å². The molecule has 0 radical (unpaired) electrons. The second-order valence-corrected chi connectivity index (χ2v) is 8.59. The maximum Gasteiger partial charge on any atom is 0.251 e. The van der Waals surface area contributed by atoms with Gasteiger partial charge in [0.1, 0.15) is 6.10 Å². The summed E-state index contributed by atoms with van der Waals surface area (Å²) < 4.78 is 0. The number of carbonyl (C=O) groups excluding carboxylic acids is 1. The Morgan fingerprint density at radius 3 is 2.51 bits per heavy atom. The number of aliphatic hydroxyl groups excluding tert-OH is 1. The van der Waals surface area contributed by atoms with E-state index in [1.165, 1.54) is 0 Å². The number of aliphatic hydroxyl groups is 1. The zero-order valence-electron chi connectivity index (χ0n) is 19.9. The molecule has 1 amide bonds. The van der Waals surface area contributed by atoms with Crippen molar-refractivity contribution in [1.82, 2.24) is 15.3 Å². The monoisotopic (exact) mass is 462 g/mol. The van der Waals surface area contributed by atoms with Crippen LogP contribution < -0.4 is 5.32 Å². The lowest BCUT2D eigenvalue weighted by molar-refractivity contribution is 0.0939. The molecule has 35 heavy (non-hydrogen) atoms. The third-order valence-corrected chi connectivity index (χ3v) is 5.89. The second-order valence-electron chi connectivity index (χ2n) is 8.59. The van der Waals surface area contributed by atoms with Crippen LogP contribution >= 0.6 is 0 Å². The van der Waals surface area contributed by atoms with Crippen molar-refractivity contribution in [2.45, 2.75) is 32.9 Å².